The van der Waals surface area contributed by atoms with Gasteiger partial charge < -0.3 is 5.32 Å². The average molecular weight is 358 g/mol. The van der Waals surface area contributed by atoms with E-state index in [0.29, 0.717) is 12.2 Å². The van der Waals surface area contributed by atoms with Gasteiger partial charge in [0.05, 0.1) is 11.4 Å². The maximum absolute atomic E-state index is 12.4. The summed E-state index contributed by atoms with van der Waals surface area (Å²) in [6.45, 7) is 1.23. The van der Waals surface area contributed by atoms with E-state index in [1.54, 1.807) is 12.1 Å². The third-order valence-electron chi connectivity index (χ3n) is 4.46. The lowest BCUT2D eigenvalue weighted by atomic mass is 10.0. The highest BCUT2D eigenvalue weighted by Crippen LogP contribution is 2.31. The molecular weight excluding hydrogens is 336 g/mol. The molecule has 1 saturated heterocycles. The number of anilines is 1. The van der Waals surface area contributed by atoms with E-state index in [1.165, 1.54) is 17.7 Å². The van der Waals surface area contributed by atoms with Crippen LogP contribution in [0.3, 0.4) is 0 Å². The molecule has 0 aliphatic carbocycles. The molecule has 0 spiro atoms. The van der Waals surface area contributed by atoms with Gasteiger partial charge in [-0.25, -0.2) is 8.42 Å². The molecule has 132 valence electrons. The number of nitrogens with zero attached hydrogens (tertiary/aromatic N) is 1. The van der Waals surface area contributed by atoms with E-state index >= 15 is 0 Å². The normalized spacial score (nSPS) is 18.2. The van der Waals surface area contributed by atoms with Gasteiger partial charge in [-0.05, 0) is 49.2 Å². The van der Waals surface area contributed by atoms with E-state index in [4.69, 9.17) is 0 Å². The zero-order valence-corrected chi connectivity index (χ0v) is 15.0. The number of likely N-dealkylation sites (tertiary alicyclic amines) is 1. The summed E-state index contributed by atoms with van der Waals surface area (Å²) in [5, 5.41) is 2.84. The lowest BCUT2D eigenvalue weighted by Gasteiger charge is -2.24. The molecule has 0 radical (unpaired) electrons. The number of amides is 1. The molecule has 2 aromatic carbocycles. The van der Waals surface area contributed by atoms with E-state index in [9.17, 15) is 13.2 Å². The number of carbonyl (C=O) groups excluding carboxylic acids is 1. The predicted octanol–water partition coefficient (Wildman–Crippen LogP) is 2.87. The molecule has 25 heavy (non-hydrogen) atoms. The van der Waals surface area contributed by atoms with Crippen molar-refractivity contribution >= 4 is 21.4 Å². The Morgan fingerprint density at radius 1 is 1.12 bits per heavy atom. The second-order valence-corrected chi connectivity index (χ2v) is 8.40. The van der Waals surface area contributed by atoms with Crippen LogP contribution in [0.2, 0.25) is 0 Å². The van der Waals surface area contributed by atoms with Gasteiger partial charge in [-0.15, -0.1) is 0 Å². The van der Waals surface area contributed by atoms with Crippen LogP contribution in [-0.2, 0) is 14.6 Å². The van der Waals surface area contributed by atoms with Crippen LogP contribution in [-0.4, -0.2) is 38.6 Å². The van der Waals surface area contributed by atoms with Gasteiger partial charge in [-0.2, -0.15) is 0 Å². The number of benzene rings is 2. The van der Waals surface area contributed by atoms with Crippen molar-refractivity contribution in [2.75, 3.05) is 24.7 Å². The van der Waals surface area contributed by atoms with E-state index in [1.807, 2.05) is 18.2 Å². The molecule has 1 fully saturated rings. The summed E-state index contributed by atoms with van der Waals surface area (Å²) >= 11 is 0. The van der Waals surface area contributed by atoms with Crippen LogP contribution in [0.1, 0.15) is 24.4 Å². The Hall–Kier alpha value is -2.18. The first-order valence-corrected chi connectivity index (χ1v) is 10.2. The molecule has 5 nitrogen and oxygen atoms in total. The lowest BCUT2D eigenvalue weighted by molar-refractivity contribution is -0.117. The van der Waals surface area contributed by atoms with Crippen molar-refractivity contribution in [3.05, 3.63) is 60.2 Å². The van der Waals surface area contributed by atoms with Gasteiger partial charge in [0.2, 0.25) is 5.91 Å². The van der Waals surface area contributed by atoms with Gasteiger partial charge in [-0.3, -0.25) is 9.69 Å². The number of sulfone groups is 1. The number of hydrogen-bond donors (Lipinski definition) is 1. The lowest BCUT2D eigenvalue weighted by Crippen LogP contribution is -2.32. The van der Waals surface area contributed by atoms with Crippen molar-refractivity contribution in [3.63, 3.8) is 0 Å². The Bertz CT molecular complexity index is 833. The SMILES string of the molecule is CS(=O)(=O)c1ccc(NC(=O)CN2CCC[C@H]2c2ccccc2)cc1. The van der Waals surface area contributed by atoms with Crippen molar-refractivity contribution in [2.45, 2.75) is 23.8 Å². The Balaban J connectivity index is 1.62. The molecule has 1 aliphatic rings. The van der Waals surface area contributed by atoms with Crippen molar-refractivity contribution in [2.24, 2.45) is 0 Å². The van der Waals surface area contributed by atoms with Crippen molar-refractivity contribution in [1.29, 1.82) is 0 Å². The van der Waals surface area contributed by atoms with Crippen molar-refractivity contribution < 1.29 is 13.2 Å². The van der Waals surface area contributed by atoms with Crippen LogP contribution >= 0.6 is 0 Å². The van der Waals surface area contributed by atoms with Crippen LogP contribution in [0, 0.1) is 0 Å². The smallest absolute Gasteiger partial charge is 0.238 e. The molecule has 0 aromatic heterocycles. The third-order valence-corrected chi connectivity index (χ3v) is 5.59. The first-order chi connectivity index (χ1) is 11.9. The fourth-order valence-corrected chi connectivity index (χ4v) is 3.87. The number of carbonyl (C=O) groups is 1. The zero-order chi connectivity index (χ0) is 17.9. The number of rotatable bonds is 5. The summed E-state index contributed by atoms with van der Waals surface area (Å²) < 4.78 is 22.9. The second-order valence-electron chi connectivity index (χ2n) is 6.38. The first kappa shape index (κ1) is 17.6. The summed E-state index contributed by atoms with van der Waals surface area (Å²) in [5.41, 5.74) is 1.85. The molecule has 1 aliphatic heterocycles. The molecule has 0 unspecified atom stereocenters. The minimum atomic E-state index is -3.23. The number of hydrogen-bond acceptors (Lipinski definition) is 4. The molecule has 0 saturated carbocycles. The van der Waals surface area contributed by atoms with Crippen LogP contribution in [0.15, 0.2) is 59.5 Å². The molecule has 1 amide bonds. The van der Waals surface area contributed by atoms with Crippen LogP contribution in [0.4, 0.5) is 5.69 Å². The molecule has 0 bridgehead atoms. The van der Waals surface area contributed by atoms with Gasteiger partial charge in [-0.1, -0.05) is 30.3 Å². The Morgan fingerprint density at radius 2 is 1.80 bits per heavy atom. The van der Waals surface area contributed by atoms with E-state index in [2.05, 4.69) is 22.3 Å². The fourth-order valence-electron chi connectivity index (χ4n) is 3.24. The summed E-state index contributed by atoms with van der Waals surface area (Å²) in [4.78, 5) is 14.8. The summed E-state index contributed by atoms with van der Waals surface area (Å²) in [7, 11) is -3.23. The minimum absolute atomic E-state index is 0.0880. The van der Waals surface area contributed by atoms with Crippen molar-refractivity contribution in [1.82, 2.24) is 4.90 Å². The number of nitrogens with one attached hydrogen (secondary N) is 1. The van der Waals surface area contributed by atoms with Crippen LogP contribution in [0.5, 0.6) is 0 Å². The first-order valence-electron chi connectivity index (χ1n) is 8.32. The van der Waals surface area contributed by atoms with E-state index in [-0.39, 0.29) is 16.8 Å². The monoisotopic (exact) mass is 358 g/mol. The second kappa shape index (κ2) is 7.37. The highest BCUT2D eigenvalue weighted by Gasteiger charge is 2.27. The van der Waals surface area contributed by atoms with Crippen LogP contribution in [0.25, 0.3) is 0 Å². The zero-order valence-electron chi connectivity index (χ0n) is 14.2. The molecule has 3 rings (SSSR count). The molecule has 1 N–H and O–H groups in total. The Morgan fingerprint density at radius 3 is 2.44 bits per heavy atom. The van der Waals surface area contributed by atoms with Gasteiger partial charge in [0.25, 0.3) is 0 Å². The third kappa shape index (κ3) is 4.46. The highest BCUT2D eigenvalue weighted by molar-refractivity contribution is 7.90. The van der Waals surface area contributed by atoms with Crippen LogP contribution < -0.4 is 5.32 Å². The molecule has 2 aromatic rings. The average Bonchev–Trinajstić information content (AvgIpc) is 3.03. The Kier molecular flexibility index (Phi) is 5.20. The van der Waals surface area contributed by atoms with E-state index in [0.717, 1.165) is 25.6 Å². The largest absolute Gasteiger partial charge is 0.325 e. The highest BCUT2D eigenvalue weighted by atomic mass is 32.2. The summed E-state index contributed by atoms with van der Waals surface area (Å²) in [5.74, 6) is -0.0880. The van der Waals surface area contributed by atoms with Gasteiger partial charge >= 0.3 is 0 Å². The molecular formula is C19H22N2O3S. The van der Waals surface area contributed by atoms with E-state index < -0.39 is 9.84 Å². The standard InChI is InChI=1S/C19H22N2O3S/c1-25(23,24)17-11-9-16(10-12-17)20-19(22)14-21-13-5-8-18(21)15-6-3-2-4-7-15/h2-4,6-7,9-12,18H,5,8,13-14H2,1H3,(H,20,22)/t18-/m0/s1. The maximum atomic E-state index is 12.4. The van der Waals surface area contributed by atoms with Gasteiger partial charge in [0.1, 0.15) is 0 Å². The van der Waals surface area contributed by atoms with Gasteiger partial charge in [0.15, 0.2) is 9.84 Å². The predicted molar refractivity (Wildman–Crippen MR) is 98.2 cm³/mol. The topological polar surface area (TPSA) is 66.5 Å². The maximum Gasteiger partial charge on any atom is 0.238 e. The summed E-state index contributed by atoms with van der Waals surface area (Å²) in [6.07, 6.45) is 3.30. The quantitative estimate of drug-likeness (QED) is 0.892. The Labute approximate surface area is 148 Å². The molecule has 1 atom stereocenters. The fraction of sp³-hybridized carbons (Fsp3) is 0.316. The van der Waals surface area contributed by atoms with Crippen molar-refractivity contribution in [3.8, 4) is 0 Å². The molecule has 1 heterocycles. The molecule has 6 heteroatoms. The van der Waals surface area contributed by atoms with Gasteiger partial charge in [0, 0.05) is 18.0 Å². The minimum Gasteiger partial charge on any atom is -0.325 e. The summed E-state index contributed by atoms with van der Waals surface area (Å²) in [6, 6.07) is 16.8.